The molecule has 5 rings (SSSR count). The van der Waals surface area contributed by atoms with Gasteiger partial charge in [0.15, 0.2) is 0 Å². The number of nitrogens with zero attached hydrogens (tertiary/aromatic N) is 2. The van der Waals surface area contributed by atoms with Crippen molar-refractivity contribution in [1.82, 2.24) is 4.98 Å². The van der Waals surface area contributed by atoms with Gasteiger partial charge in [-0.15, -0.1) is 0 Å². The number of hydrogen-bond acceptors (Lipinski definition) is 7. The molecule has 0 bridgehead atoms. The van der Waals surface area contributed by atoms with Crippen molar-refractivity contribution in [2.75, 3.05) is 29.5 Å². The molecule has 3 N–H and O–H groups in total. The molecule has 9 heteroatoms. The maximum Gasteiger partial charge on any atom is 0.307 e. The van der Waals surface area contributed by atoms with Gasteiger partial charge in [0.2, 0.25) is 0 Å². The number of carboxylic acid groups (broad SMARTS) is 1. The first-order valence-electron chi connectivity index (χ1n) is 11.9. The van der Waals surface area contributed by atoms with E-state index in [4.69, 9.17) is 9.72 Å². The van der Waals surface area contributed by atoms with E-state index >= 15 is 0 Å². The minimum Gasteiger partial charge on any atom is -0.481 e. The number of aliphatic carboxylic acids is 1. The Labute approximate surface area is 210 Å². The van der Waals surface area contributed by atoms with Gasteiger partial charge in [-0.3, -0.25) is 13.9 Å². The van der Waals surface area contributed by atoms with Crippen LogP contribution < -0.4 is 9.64 Å². The van der Waals surface area contributed by atoms with Crippen LogP contribution in [-0.2, 0) is 4.79 Å². The second kappa shape index (κ2) is 10.2. The van der Waals surface area contributed by atoms with Crippen LogP contribution in [0.3, 0.4) is 0 Å². The molecule has 2 heterocycles. The van der Waals surface area contributed by atoms with E-state index in [0.29, 0.717) is 42.0 Å². The zero-order valence-electron chi connectivity index (χ0n) is 19.4. The Morgan fingerprint density at radius 3 is 2.37 bits per heavy atom. The highest BCUT2D eigenvalue weighted by molar-refractivity contribution is 8.24. The molecule has 186 valence electrons. The van der Waals surface area contributed by atoms with Crippen molar-refractivity contribution in [3.63, 3.8) is 0 Å². The fourth-order valence-electron chi connectivity index (χ4n) is 4.96. The van der Waals surface area contributed by atoms with Crippen molar-refractivity contribution in [1.29, 1.82) is 0 Å². The molecule has 1 aliphatic carbocycles. The number of benzene rings is 2. The van der Waals surface area contributed by atoms with Crippen LogP contribution >= 0.6 is 21.9 Å². The van der Waals surface area contributed by atoms with Gasteiger partial charge in [0.25, 0.3) is 5.19 Å². The largest absolute Gasteiger partial charge is 0.481 e. The van der Waals surface area contributed by atoms with Crippen molar-refractivity contribution in [2.45, 2.75) is 31.6 Å². The summed E-state index contributed by atoms with van der Waals surface area (Å²) in [7, 11) is -2.44. The lowest BCUT2D eigenvalue weighted by atomic mass is 9.77. The second-order valence-electron chi connectivity index (χ2n) is 9.19. The molecule has 1 saturated heterocycles. The van der Waals surface area contributed by atoms with Crippen LogP contribution in [0.4, 0.5) is 5.69 Å². The summed E-state index contributed by atoms with van der Waals surface area (Å²) >= 11 is 1.45. The monoisotopic (exact) mass is 514 g/mol. The van der Waals surface area contributed by atoms with E-state index in [1.807, 2.05) is 54.6 Å². The zero-order valence-corrected chi connectivity index (χ0v) is 21.0. The van der Waals surface area contributed by atoms with Gasteiger partial charge in [-0.05, 0) is 42.7 Å². The third-order valence-electron chi connectivity index (χ3n) is 6.89. The number of para-hydroxylation sites is 1. The van der Waals surface area contributed by atoms with E-state index in [-0.39, 0.29) is 5.92 Å². The highest BCUT2D eigenvalue weighted by Crippen LogP contribution is 2.47. The van der Waals surface area contributed by atoms with E-state index < -0.39 is 22.5 Å². The summed E-state index contributed by atoms with van der Waals surface area (Å²) in [5.41, 5.74) is 2.84. The first kappa shape index (κ1) is 24.1. The minimum atomic E-state index is -2.44. The zero-order chi connectivity index (χ0) is 24.4. The molecular weight excluding hydrogens is 484 g/mol. The number of carbonyl (C=O) groups is 1. The molecule has 0 radical (unpaired) electrons. The van der Waals surface area contributed by atoms with Gasteiger partial charge in [-0.1, -0.05) is 54.5 Å². The van der Waals surface area contributed by atoms with E-state index in [2.05, 4.69) is 4.90 Å². The minimum absolute atomic E-state index is 0.146. The van der Waals surface area contributed by atoms with E-state index in [0.717, 1.165) is 41.1 Å². The second-order valence-corrected chi connectivity index (χ2v) is 12.6. The van der Waals surface area contributed by atoms with Crippen molar-refractivity contribution < 1.29 is 23.7 Å². The van der Waals surface area contributed by atoms with Crippen LogP contribution in [-0.4, -0.2) is 49.8 Å². The SMILES string of the molecule is O=C(O)[C@@H]1CCCC[C@H]1c1nc(Oc2ccccc2)sc1-c1ccc(N2CCS(O)(O)CC2)cc1. The fourth-order valence-corrected chi connectivity index (χ4v) is 7.21. The molecule has 2 fully saturated rings. The molecule has 2 aromatic carbocycles. The third-order valence-corrected chi connectivity index (χ3v) is 9.56. The van der Waals surface area contributed by atoms with Crippen molar-refractivity contribution in [3.05, 3.63) is 60.3 Å². The van der Waals surface area contributed by atoms with Gasteiger partial charge in [-0.25, -0.2) is 4.98 Å². The van der Waals surface area contributed by atoms with E-state index in [1.54, 1.807) is 0 Å². The molecule has 35 heavy (non-hydrogen) atoms. The Morgan fingerprint density at radius 1 is 1.00 bits per heavy atom. The molecule has 1 aliphatic heterocycles. The van der Waals surface area contributed by atoms with E-state index in [9.17, 15) is 19.0 Å². The van der Waals surface area contributed by atoms with Gasteiger partial charge < -0.3 is 14.7 Å². The highest BCUT2D eigenvalue weighted by Gasteiger charge is 2.36. The van der Waals surface area contributed by atoms with Gasteiger partial charge in [-0.2, -0.15) is 10.6 Å². The summed E-state index contributed by atoms with van der Waals surface area (Å²) in [5.74, 6) is 0.141. The third kappa shape index (κ3) is 5.48. The molecule has 2 atom stereocenters. The van der Waals surface area contributed by atoms with E-state index in [1.165, 1.54) is 11.3 Å². The Balaban J connectivity index is 1.46. The normalized spacial score (nSPS) is 23.0. The maximum atomic E-state index is 12.1. The summed E-state index contributed by atoms with van der Waals surface area (Å²) in [6, 6.07) is 17.7. The number of anilines is 1. The molecule has 0 spiro atoms. The summed E-state index contributed by atoms with van der Waals surface area (Å²) in [6.07, 6.45) is 3.39. The van der Waals surface area contributed by atoms with Gasteiger partial charge >= 0.3 is 5.97 Å². The van der Waals surface area contributed by atoms with Gasteiger partial charge in [0, 0.05) is 24.7 Å². The number of rotatable bonds is 6. The molecule has 3 aromatic rings. The molecule has 0 unspecified atom stereocenters. The number of ether oxygens (including phenoxy) is 1. The van der Waals surface area contributed by atoms with Crippen molar-refractivity contribution in [3.8, 4) is 21.4 Å². The summed E-state index contributed by atoms with van der Waals surface area (Å²) in [6.45, 7) is 1.23. The molecule has 1 saturated carbocycles. The quantitative estimate of drug-likeness (QED) is 0.343. The molecule has 1 aromatic heterocycles. The topological polar surface area (TPSA) is 103 Å². The van der Waals surface area contributed by atoms with Crippen LogP contribution in [0, 0.1) is 5.92 Å². The number of aromatic nitrogens is 1. The lowest BCUT2D eigenvalue weighted by molar-refractivity contribution is -0.143. The fraction of sp³-hybridized carbons (Fsp3) is 0.385. The lowest BCUT2D eigenvalue weighted by Crippen LogP contribution is -2.38. The Hall–Kier alpha value is -2.59. The van der Waals surface area contributed by atoms with Gasteiger partial charge in [0.1, 0.15) is 5.75 Å². The first-order valence-corrected chi connectivity index (χ1v) is 14.7. The van der Waals surface area contributed by atoms with Crippen LogP contribution in [0.1, 0.15) is 37.3 Å². The average molecular weight is 515 g/mol. The predicted molar refractivity (Wildman–Crippen MR) is 141 cm³/mol. The van der Waals surface area contributed by atoms with Crippen LogP contribution in [0.25, 0.3) is 10.4 Å². The van der Waals surface area contributed by atoms with Crippen molar-refractivity contribution >= 4 is 33.6 Å². The molecular formula is C26H30N2O5S2. The maximum absolute atomic E-state index is 12.1. The molecule has 0 amide bonds. The Kier molecular flexibility index (Phi) is 7.02. The number of carboxylic acids is 1. The lowest BCUT2D eigenvalue weighted by Gasteiger charge is -2.41. The predicted octanol–water partition coefficient (Wildman–Crippen LogP) is 6.53. The summed E-state index contributed by atoms with van der Waals surface area (Å²) < 4.78 is 25.9. The molecule has 7 nitrogen and oxygen atoms in total. The Morgan fingerprint density at radius 2 is 1.69 bits per heavy atom. The average Bonchev–Trinajstić information content (AvgIpc) is 3.28. The standard InChI is InChI=1S/C26H30N2O5S2/c29-25(30)22-9-5-4-8-21(22)23-24(34-26(27-23)33-20-6-2-1-3-7-20)18-10-12-19(13-11-18)28-14-16-35(31,32)17-15-28/h1-3,6-7,10-13,21-22,31-32H,4-5,8-9,14-17H2,(H,29,30)/t21-,22-/m1/s1. The van der Waals surface area contributed by atoms with Gasteiger partial charge in [0.05, 0.1) is 28.0 Å². The Bertz CT molecular complexity index is 1160. The summed E-state index contributed by atoms with van der Waals surface area (Å²) in [4.78, 5) is 20.0. The van der Waals surface area contributed by atoms with Crippen LogP contribution in [0.2, 0.25) is 0 Å². The molecule has 2 aliphatic rings. The van der Waals surface area contributed by atoms with Crippen LogP contribution in [0.5, 0.6) is 10.9 Å². The highest BCUT2D eigenvalue weighted by atomic mass is 32.3. The smallest absolute Gasteiger partial charge is 0.307 e. The first-order chi connectivity index (χ1) is 16.9. The number of hydrogen-bond donors (Lipinski definition) is 3. The number of thiazole rings is 1. The van der Waals surface area contributed by atoms with Crippen molar-refractivity contribution in [2.24, 2.45) is 5.92 Å². The summed E-state index contributed by atoms with van der Waals surface area (Å²) in [5, 5.41) is 10.4. The van der Waals surface area contributed by atoms with Crippen LogP contribution in [0.15, 0.2) is 54.6 Å².